The molecule has 1 atom stereocenters. The van der Waals surface area contributed by atoms with Crippen LogP contribution in [-0.4, -0.2) is 74.8 Å². The quantitative estimate of drug-likeness (QED) is 0.497. The van der Waals surface area contributed by atoms with Gasteiger partial charge in [0.15, 0.2) is 11.3 Å². The van der Waals surface area contributed by atoms with Crippen molar-refractivity contribution in [3.05, 3.63) is 59.7 Å². The van der Waals surface area contributed by atoms with Crippen molar-refractivity contribution in [2.75, 3.05) is 39.5 Å². The minimum Gasteiger partial charge on any atom is -0.493 e. The van der Waals surface area contributed by atoms with E-state index in [0.717, 1.165) is 4.90 Å². The summed E-state index contributed by atoms with van der Waals surface area (Å²) < 4.78 is 37.7. The highest BCUT2D eigenvalue weighted by atomic mass is 32.2. The Morgan fingerprint density at radius 3 is 2.44 bits per heavy atom. The van der Waals surface area contributed by atoms with Gasteiger partial charge in [-0.05, 0) is 30.3 Å². The molecule has 3 aliphatic heterocycles. The number of rotatable bonds is 5. The van der Waals surface area contributed by atoms with Gasteiger partial charge < -0.3 is 14.8 Å². The molecule has 0 aliphatic carbocycles. The Hall–Kier alpha value is -3.28. The second-order valence-corrected chi connectivity index (χ2v) is 10.2. The molecule has 10 nitrogen and oxygen atoms in total. The summed E-state index contributed by atoms with van der Waals surface area (Å²) in [6, 6.07) is 11.9. The van der Waals surface area contributed by atoms with E-state index in [2.05, 4.69) is 5.32 Å². The summed E-state index contributed by atoms with van der Waals surface area (Å²) in [5.41, 5.74) is -0.496. The normalized spacial score (nSPS) is 22.9. The molecule has 0 aromatic heterocycles. The van der Waals surface area contributed by atoms with Crippen LogP contribution in [0, 0.1) is 0 Å². The van der Waals surface area contributed by atoms with E-state index >= 15 is 0 Å². The van der Waals surface area contributed by atoms with Crippen LogP contribution >= 0.6 is 0 Å². The van der Waals surface area contributed by atoms with Gasteiger partial charge in [-0.1, -0.05) is 18.2 Å². The molecule has 0 unspecified atom stereocenters. The smallest absolute Gasteiger partial charge is 0.325 e. The summed E-state index contributed by atoms with van der Waals surface area (Å²) >= 11 is 0. The van der Waals surface area contributed by atoms with Gasteiger partial charge in [0, 0.05) is 30.6 Å². The molecule has 0 saturated carbocycles. The number of morpholine rings is 1. The number of urea groups is 1. The Labute approximate surface area is 196 Å². The van der Waals surface area contributed by atoms with E-state index in [1.807, 2.05) is 0 Å². The fourth-order valence-electron chi connectivity index (χ4n) is 4.50. The second kappa shape index (κ2) is 8.49. The zero-order valence-electron chi connectivity index (χ0n) is 18.2. The van der Waals surface area contributed by atoms with Gasteiger partial charge in [-0.15, -0.1) is 0 Å². The molecule has 2 saturated heterocycles. The van der Waals surface area contributed by atoms with Crippen LogP contribution in [0.2, 0.25) is 0 Å². The number of carbonyl (C=O) groups is 3. The standard InChI is InChI=1S/C23H23N3O7S/c27-19(16-5-7-17(8-6-16)34(30,31)25-10-13-32-14-11-25)15-26-21(28)23(24-22(26)29)9-12-33-20-4-2-1-3-18(20)23/h1-8H,9-15H2,(H,24,29)/t23-/m1/s1. The summed E-state index contributed by atoms with van der Waals surface area (Å²) in [7, 11) is -3.69. The van der Waals surface area contributed by atoms with Gasteiger partial charge in [0.2, 0.25) is 10.0 Å². The maximum absolute atomic E-state index is 13.3. The van der Waals surface area contributed by atoms with E-state index < -0.39 is 39.8 Å². The van der Waals surface area contributed by atoms with Crippen molar-refractivity contribution >= 4 is 27.7 Å². The molecule has 1 spiro atoms. The predicted octanol–water partition coefficient (Wildman–Crippen LogP) is 1.12. The Balaban J connectivity index is 1.33. The van der Waals surface area contributed by atoms with Crippen molar-refractivity contribution in [2.45, 2.75) is 16.9 Å². The summed E-state index contributed by atoms with van der Waals surface area (Å²) in [5.74, 6) is -0.461. The fourth-order valence-corrected chi connectivity index (χ4v) is 5.91. The van der Waals surface area contributed by atoms with Crippen molar-refractivity contribution in [2.24, 2.45) is 0 Å². The number of benzene rings is 2. The number of hydrogen-bond donors (Lipinski definition) is 1. The SMILES string of the molecule is O=C(CN1C(=O)N[C@@]2(CCOc3ccccc32)C1=O)c1ccc(S(=O)(=O)N2CCOCC2)cc1. The van der Waals surface area contributed by atoms with E-state index in [1.165, 1.54) is 28.6 Å². The lowest BCUT2D eigenvalue weighted by Crippen LogP contribution is -2.47. The lowest BCUT2D eigenvalue weighted by atomic mass is 9.84. The molecule has 2 fully saturated rings. The number of fused-ring (bicyclic) bond motifs is 2. The molecule has 3 heterocycles. The number of nitrogens with one attached hydrogen (secondary N) is 1. The lowest BCUT2D eigenvalue weighted by molar-refractivity contribution is -0.132. The maximum atomic E-state index is 13.3. The van der Waals surface area contributed by atoms with E-state index in [9.17, 15) is 22.8 Å². The average Bonchev–Trinajstić information content (AvgIpc) is 3.09. The molecule has 3 amide bonds. The first-order chi connectivity index (χ1) is 16.3. The number of para-hydroxylation sites is 1. The van der Waals surface area contributed by atoms with Gasteiger partial charge >= 0.3 is 6.03 Å². The van der Waals surface area contributed by atoms with Crippen molar-refractivity contribution in [1.29, 1.82) is 0 Å². The van der Waals surface area contributed by atoms with Gasteiger partial charge in [-0.3, -0.25) is 14.5 Å². The molecule has 2 aromatic rings. The molecule has 178 valence electrons. The van der Waals surface area contributed by atoms with Crippen LogP contribution in [0.25, 0.3) is 0 Å². The third-order valence-corrected chi connectivity index (χ3v) is 8.26. The zero-order chi connectivity index (χ0) is 23.9. The number of ketones is 1. The number of imide groups is 1. The fraction of sp³-hybridized carbons (Fsp3) is 0.348. The molecule has 5 rings (SSSR count). The molecule has 0 radical (unpaired) electrons. The minimum absolute atomic E-state index is 0.0682. The average molecular weight is 486 g/mol. The third-order valence-electron chi connectivity index (χ3n) is 6.34. The number of hydrogen-bond acceptors (Lipinski definition) is 7. The molecule has 2 aromatic carbocycles. The molecular weight excluding hydrogens is 462 g/mol. The highest BCUT2D eigenvalue weighted by Gasteiger charge is 2.55. The summed E-state index contributed by atoms with van der Waals surface area (Å²) in [5, 5.41) is 2.76. The summed E-state index contributed by atoms with van der Waals surface area (Å²) in [6.45, 7) is 1.00. The highest BCUT2D eigenvalue weighted by molar-refractivity contribution is 7.89. The number of carbonyl (C=O) groups excluding carboxylic acids is 3. The number of amides is 3. The Morgan fingerprint density at radius 1 is 1.00 bits per heavy atom. The monoisotopic (exact) mass is 485 g/mol. The van der Waals surface area contributed by atoms with Crippen LogP contribution < -0.4 is 10.1 Å². The minimum atomic E-state index is -3.69. The van der Waals surface area contributed by atoms with Crippen LogP contribution in [0.3, 0.4) is 0 Å². The second-order valence-electron chi connectivity index (χ2n) is 8.29. The van der Waals surface area contributed by atoms with E-state index in [-0.39, 0.29) is 36.6 Å². The van der Waals surface area contributed by atoms with Crippen molar-refractivity contribution < 1.29 is 32.3 Å². The number of sulfonamides is 1. The Bertz CT molecular complexity index is 1260. The van der Waals surface area contributed by atoms with Crippen LogP contribution in [0.15, 0.2) is 53.4 Å². The molecular formula is C23H23N3O7S. The van der Waals surface area contributed by atoms with Crippen LogP contribution in [0.4, 0.5) is 4.79 Å². The van der Waals surface area contributed by atoms with Gasteiger partial charge in [0.25, 0.3) is 5.91 Å². The van der Waals surface area contributed by atoms with Crippen LogP contribution in [0.5, 0.6) is 5.75 Å². The molecule has 3 aliphatic rings. The molecule has 1 N–H and O–H groups in total. The molecule has 34 heavy (non-hydrogen) atoms. The molecule has 0 bridgehead atoms. The Morgan fingerprint density at radius 2 is 1.71 bits per heavy atom. The van der Waals surface area contributed by atoms with Crippen molar-refractivity contribution in [1.82, 2.24) is 14.5 Å². The lowest BCUT2D eigenvalue weighted by Gasteiger charge is -2.33. The van der Waals surface area contributed by atoms with Gasteiger partial charge in [-0.2, -0.15) is 4.31 Å². The molecule has 11 heteroatoms. The van der Waals surface area contributed by atoms with E-state index in [0.29, 0.717) is 24.5 Å². The van der Waals surface area contributed by atoms with E-state index in [1.54, 1.807) is 24.3 Å². The number of Topliss-reactive ketones (excluding diaryl/α,β-unsaturated/α-hetero) is 1. The largest absolute Gasteiger partial charge is 0.493 e. The third kappa shape index (κ3) is 3.65. The number of ether oxygens (including phenoxy) is 2. The van der Waals surface area contributed by atoms with E-state index in [4.69, 9.17) is 9.47 Å². The van der Waals surface area contributed by atoms with Crippen molar-refractivity contribution in [3.63, 3.8) is 0 Å². The first kappa shape index (κ1) is 22.5. The first-order valence-electron chi connectivity index (χ1n) is 10.9. The van der Waals surface area contributed by atoms with Crippen LogP contribution in [-0.2, 0) is 25.1 Å². The van der Waals surface area contributed by atoms with Crippen molar-refractivity contribution in [3.8, 4) is 5.75 Å². The maximum Gasteiger partial charge on any atom is 0.325 e. The topological polar surface area (TPSA) is 122 Å². The van der Waals surface area contributed by atoms with Crippen LogP contribution in [0.1, 0.15) is 22.3 Å². The highest BCUT2D eigenvalue weighted by Crippen LogP contribution is 2.41. The summed E-state index contributed by atoms with van der Waals surface area (Å²) in [4.78, 5) is 39.9. The zero-order valence-corrected chi connectivity index (χ0v) is 19.0. The summed E-state index contributed by atoms with van der Waals surface area (Å²) in [6.07, 6.45) is 0.257. The number of nitrogens with zero attached hydrogens (tertiary/aromatic N) is 2. The van der Waals surface area contributed by atoms with Gasteiger partial charge in [0.1, 0.15) is 5.75 Å². The van der Waals surface area contributed by atoms with Gasteiger partial charge in [0.05, 0.1) is 31.3 Å². The first-order valence-corrected chi connectivity index (χ1v) is 12.3. The van der Waals surface area contributed by atoms with Gasteiger partial charge in [-0.25, -0.2) is 13.2 Å². The Kier molecular flexibility index (Phi) is 5.62. The predicted molar refractivity (Wildman–Crippen MR) is 119 cm³/mol.